The molecule has 0 amide bonds. The molecule has 0 radical (unpaired) electrons. The number of benzene rings is 1. The van der Waals surface area contributed by atoms with Gasteiger partial charge >= 0.3 is 0 Å². The maximum Gasteiger partial charge on any atom is 0.161 e. The zero-order chi connectivity index (χ0) is 16.1. The van der Waals surface area contributed by atoms with Gasteiger partial charge in [-0.05, 0) is 32.9 Å². The van der Waals surface area contributed by atoms with Crippen LogP contribution in [0.3, 0.4) is 0 Å². The molecule has 0 aromatic heterocycles. The van der Waals surface area contributed by atoms with Crippen molar-refractivity contribution >= 4 is 21.2 Å². The van der Waals surface area contributed by atoms with Crippen LogP contribution in [0.15, 0.2) is 29.4 Å². The Hall–Kier alpha value is -2.07. The number of hydrogen-bond donors (Lipinski definition) is 1. The lowest BCUT2D eigenvalue weighted by Gasteiger charge is -2.18. The zero-order valence-electron chi connectivity index (χ0n) is 12.5. The molecule has 0 saturated carbocycles. The van der Waals surface area contributed by atoms with Crippen LogP contribution in [0.4, 0.5) is 5.69 Å². The van der Waals surface area contributed by atoms with Crippen LogP contribution in [0.5, 0.6) is 5.75 Å². The fourth-order valence-electron chi connectivity index (χ4n) is 1.31. The molecule has 0 spiro atoms. The Bertz CT molecular complexity index is 667. The van der Waals surface area contributed by atoms with Crippen LogP contribution in [-0.2, 0) is 9.84 Å². The highest BCUT2D eigenvalue weighted by atomic mass is 32.2. The van der Waals surface area contributed by atoms with Gasteiger partial charge in [0.25, 0.3) is 0 Å². The van der Waals surface area contributed by atoms with Crippen molar-refractivity contribution in [1.29, 1.82) is 5.26 Å². The summed E-state index contributed by atoms with van der Waals surface area (Å²) in [5.74, 6) is 0.236. The quantitative estimate of drug-likeness (QED) is 0.665. The molecule has 21 heavy (non-hydrogen) atoms. The Morgan fingerprint density at radius 1 is 1.43 bits per heavy atom. The summed E-state index contributed by atoms with van der Waals surface area (Å²) < 4.78 is 28.2. The van der Waals surface area contributed by atoms with E-state index in [0.717, 1.165) is 0 Å². The Morgan fingerprint density at radius 3 is 2.62 bits per heavy atom. The second kappa shape index (κ2) is 6.59. The van der Waals surface area contributed by atoms with E-state index in [2.05, 4.69) is 10.5 Å². The van der Waals surface area contributed by atoms with Crippen LogP contribution < -0.4 is 10.2 Å². The third kappa shape index (κ3) is 4.76. The summed E-state index contributed by atoms with van der Waals surface area (Å²) in [5.41, 5.74) is 3.18. The molecule has 1 N–H and O–H groups in total. The number of methoxy groups -OCH3 is 1. The standard InChI is InChI=1S/C14H19N3O3S/c1-14(2,3)21(18,19)10-12(9-15)17-16-11-6-5-7-13(8-11)20-4/h5-8,16H,10H2,1-4H3/b17-12+. The Labute approximate surface area is 125 Å². The number of ether oxygens (including phenoxy) is 1. The summed E-state index contributed by atoms with van der Waals surface area (Å²) >= 11 is 0. The second-order valence-electron chi connectivity index (χ2n) is 5.39. The van der Waals surface area contributed by atoms with Crippen molar-refractivity contribution in [2.24, 2.45) is 5.10 Å². The van der Waals surface area contributed by atoms with Crippen molar-refractivity contribution in [3.05, 3.63) is 24.3 Å². The summed E-state index contributed by atoms with van der Waals surface area (Å²) in [5, 5.41) is 12.9. The lowest BCUT2D eigenvalue weighted by molar-refractivity contribution is 0.415. The Kier molecular flexibility index (Phi) is 5.33. The first-order valence-corrected chi connectivity index (χ1v) is 7.94. The molecule has 0 atom stereocenters. The van der Waals surface area contributed by atoms with E-state index in [9.17, 15) is 8.42 Å². The number of nitrogens with one attached hydrogen (secondary N) is 1. The highest BCUT2D eigenvalue weighted by molar-refractivity contribution is 7.93. The zero-order valence-corrected chi connectivity index (χ0v) is 13.4. The first-order valence-electron chi connectivity index (χ1n) is 6.28. The molecular formula is C14H19N3O3S. The molecule has 6 nitrogen and oxygen atoms in total. The smallest absolute Gasteiger partial charge is 0.161 e. The predicted molar refractivity (Wildman–Crippen MR) is 83.2 cm³/mol. The van der Waals surface area contributed by atoms with Gasteiger partial charge < -0.3 is 4.74 Å². The molecule has 1 aromatic carbocycles. The van der Waals surface area contributed by atoms with Crippen LogP contribution in [0.25, 0.3) is 0 Å². The molecule has 0 aliphatic carbocycles. The molecule has 0 unspecified atom stereocenters. The van der Waals surface area contributed by atoms with Gasteiger partial charge in [0, 0.05) is 6.07 Å². The molecule has 1 aromatic rings. The summed E-state index contributed by atoms with van der Waals surface area (Å²) in [6.45, 7) is 4.77. The van der Waals surface area contributed by atoms with Gasteiger partial charge in [-0.25, -0.2) is 8.42 Å². The summed E-state index contributed by atoms with van der Waals surface area (Å²) in [6, 6.07) is 8.76. The highest BCUT2D eigenvalue weighted by Crippen LogP contribution is 2.18. The van der Waals surface area contributed by atoms with Gasteiger partial charge in [0.15, 0.2) is 15.5 Å². The fourth-order valence-corrected chi connectivity index (χ4v) is 2.23. The molecule has 0 aliphatic rings. The first kappa shape index (κ1) is 17.0. The second-order valence-corrected chi connectivity index (χ2v) is 8.13. The average Bonchev–Trinajstić information content (AvgIpc) is 2.42. The molecule has 0 saturated heterocycles. The number of rotatable bonds is 5. The third-order valence-electron chi connectivity index (χ3n) is 2.78. The van der Waals surface area contributed by atoms with E-state index in [1.807, 2.05) is 0 Å². The topological polar surface area (TPSA) is 91.5 Å². The predicted octanol–water partition coefficient (Wildman–Crippen LogP) is 2.20. The summed E-state index contributed by atoms with van der Waals surface area (Å²) in [4.78, 5) is 0. The molecule has 0 heterocycles. The van der Waals surface area contributed by atoms with Crippen LogP contribution in [0.2, 0.25) is 0 Å². The van der Waals surface area contributed by atoms with E-state index in [0.29, 0.717) is 11.4 Å². The van der Waals surface area contributed by atoms with Crippen molar-refractivity contribution in [2.45, 2.75) is 25.5 Å². The monoisotopic (exact) mass is 309 g/mol. The van der Waals surface area contributed by atoms with Gasteiger partial charge in [-0.3, -0.25) is 5.43 Å². The Morgan fingerprint density at radius 2 is 2.10 bits per heavy atom. The minimum Gasteiger partial charge on any atom is -0.497 e. The van der Waals surface area contributed by atoms with Crippen molar-refractivity contribution < 1.29 is 13.2 Å². The van der Waals surface area contributed by atoms with E-state index in [1.54, 1.807) is 58.2 Å². The maximum atomic E-state index is 12.1. The number of sulfone groups is 1. The molecule has 114 valence electrons. The largest absolute Gasteiger partial charge is 0.497 e. The number of anilines is 1. The van der Waals surface area contributed by atoms with E-state index in [1.165, 1.54) is 0 Å². The lowest BCUT2D eigenvalue weighted by atomic mass is 10.3. The van der Waals surface area contributed by atoms with Crippen molar-refractivity contribution in [1.82, 2.24) is 0 Å². The number of hydrogen-bond acceptors (Lipinski definition) is 6. The van der Waals surface area contributed by atoms with E-state index >= 15 is 0 Å². The number of nitrogens with zero attached hydrogens (tertiary/aromatic N) is 2. The van der Waals surface area contributed by atoms with Gasteiger partial charge in [0.05, 0.1) is 17.5 Å². The molecular weight excluding hydrogens is 290 g/mol. The SMILES string of the molecule is COc1cccc(N/N=C(\C#N)CS(=O)(=O)C(C)(C)C)c1. The van der Waals surface area contributed by atoms with Crippen LogP contribution in [-0.4, -0.2) is 31.7 Å². The molecule has 7 heteroatoms. The first-order chi connectivity index (χ1) is 9.69. The van der Waals surface area contributed by atoms with Crippen molar-refractivity contribution in [3.8, 4) is 11.8 Å². The minimum absolute atomic E-state index is 0.0901. The van der Waals surface area contributed by atoms with E-state index in [4.69, 9.17) is 10.00 Å². The summed E-state index contributed by atoms with van der Waals surface area (Å²) in [7, 11) is -1.90. The lowest BCUT2D eigenvalue weighted by Crippen LogP contribution is -2.33. The number of hydrazone groups is 1. The van der Waals surface area contributed by atoms with Gasteiger partial charge in [-0.2, -0.15) is 10.4 Å². The average molecular weight is 309 g/mol. The maximum absolute atomic E-state index is 12.1. The van der Waals surface area contributed by atoms with Crippen LogP contribution in [0, 0.1) is 11.3 Å². The van der Waals surface area contributed by atoms with Gasteiger partial charge in [-0.1, -0.05) is 6.07 Å². The Balaban J connectivity index is 2.89. The van der Waals surface area contributed by atoms with Gasteiger partial charge in [-0.15, -0.1) is 0 Å². The number of nitriles is 1. The molecule has 1 rings (SSSR count). The van der Waals surface area contributed by atoms with Crippen LogP contribution in [0.1, 0.15) is 20.8 Å². The molecule has 0 aliphatic heterocycles. The van der Waals surface area contributed by atoms with Gasteiger partial charge in [0.2, 0.25) is 0 Å². The van der Waals surface area contributed by atoms with Crippen LogP contribution >= 0.6 is 0 Å². The fraction of sp³-hybridized carbons (Fsp3) is 0.429. The third-order valence-corrected chi connectivity index (χ3v) is 5.30. The highest BCUT2D eigenvalue weighted by Gasteiger charge is 2.30. The minimum atomic E-state index is -3.44. The van der Waals surface area contributed by atoms with Crippen molar-refractivity contribution in [2.75, 3.05) is 18.3 Å². The molecule has 0 bridgehead atoms. The van der Waals surface area contributed by atoms with Gasteiger partial charge in [0.1, 0.15) is 17.6 Å². The normalized spacial score (nSPS) is 12.6. The van der Waals surface area contributed by atoms with Crippen molar-refractivity contribution in [3.63, 3.8) is 0 Å². The van der Waals surface area contributed by atoms with E-state index in [-0.39, 0.29) is 5.71 Å². The summed E-state index contributed by atoms with van der Waals surface area (Å²) in [6.07, 6.45) is 0. The molecule has 0 fully saturated rings. The van der Waals surface area contributed by atoms with E-state index < -0.39 is 20.3 Å².